The van der Waals surface area contributed by atoms with E-state index < -0.39 is 13.0 Å². The second-order valence-electron chi connectivity index (χ2n) is 9.08. The van der Waals surface area contributed by atoms with E-state index in [0.29, 0.717) is 11.8 Å². The van der Waals surface area contributed by atoms with E-state index in [1.807, 2.05) is 12.1 Å². The van der Waals surface area contributed by atoms with Gasteiger partial charge in [0.15, 0.2) is 0 Å². The number of hydrogen-bond donors (Lipinski definition) is 0. The van der Waals surface area contributed by atoms with E-state index in [-0.39, 0.29) is 5.41 Å². The molecule has 2 fully saturated rings. The average Bonchev–Trinajstić information content (AvgIpc) is 3.48. The van der Waals surface area contributed by atoms with Crippen molar-refractivity contribution in [2.45, 2.75) is 78.2 Å². The van der Waals surface area contributed by atoms with Gasteiger partial charge in [0.25, 0.3) is 0 Å². The number of hydrogen-bond acceptors (Lipinski definition) is 2. The SMILES string of the molecule is [2H]C([2H])([2H])C1N2C=CC(C3CCCC3)(C3CCCC3)C2=C(C)N1c1ccccc1C. The first-order valence-electron chi connectivity index (χ1n) is 12.4. The quantitative estimate of drug-likeness (QED) is 0.596. The molecule has 2 heteroatoms. The van der Waals surface area contributed by atoms with Crippen molar-refractivity contribution in [1.82, 2.24) is 4.90 Å². The predicted molar refractivity (Wildman–Crippen MR) is 113 cm³/mol. The second-order valence-corrected chi connectivity index (χ2v) is 9.08. The molecule has 144 valence electrons. The number of anilines is 1. The molecule has 0 spiro atoms. The van der Waals surface area contributed by atoms with Crippen LogP contribution in [0.5, 0.6) is 0 Å². The third-order valence-corrected chi connectivity index (χ3v) is 7.83. The molecule has 2 aliphatic carbocycles. The summed E-state index contributed by atoms with van der Waals surface area (Å²) in [6.45, 7) is 2.16. The first kappa shape index (κ1) is 14.3. The van der Waals surface area contributed by atoms with Crippen molar-refractivity contribution in [3.63, 3.8) is 0 Å². The van der Waals surface area contributed by atoms with Gasteiger partial charge >= 0.3 is 0 Å². The van der Waals surface area contributed by atoms with Crippen molar-refractivity contribution >= 4 is 5.69 Å². The van der Waals surface area contributed by atoms with Gasteiger partial charge in [-0.2, -0.15) is 0 Å². The summed E-state index contributed by atoms with van der Waals surface area (Å²) < 4.78 is 25.4. The highest BCUT2D eigenvalue weighted by Gasteiger charge is 2.55. The van der Waals surface area contributed by atoms with Gasteiger partial charge < -0.3 is 9.80 Å². The maximum absolute atomic E-state index is 8.46. The van der Waals surface area contributed by atoms with E-state index in [1.165, 1.54) is 57.1 Å². The molecule has 0 amide bonds. The largest absolute Gasteiger partial charge is 0.328 e. The maximum Gasteiger partial charge on any atom is 0.107 e. The van der Waals surface area contributed by atoms with Gasteiger partial charge in [-0.15, -0.1) is 0 Å². The first-order valence-corrected chi connectivity index (χ1v) is 10.9. The van der Waals surface area contributed by atoms with Crippen LogP contribution in [0.2, 0.25) is 0 Å². The summed E-state index contributed by atoms with van der Waals surface area (Å²) in [6.07, 6.45) is 14.2. The Labute approximate surface area is 169 Å². The third kappa shape index (κ3) is 2.38. The molecule has 0 saturated heterocycles. The zero-order valence-corrected chi connectivity index (χ0v) is 16.7. The van der Waals surface area contributed by atoms with E-state index in [9.17, 15) is 0 Å². The molecule has 0 radical (unpaired) electrons. The highest BCUT2D eigenvalue weighted by molar-refractivity contribution is 5.62. The Morgan fingerprint density at radius 1 is 0.963 bits per heavy atom. The molecular formula is C25H34N2. The minimum absolute atomic E-state index is 0.0119. The van der Waals surface area contributed by atoms with E-state index in [4.69, 9.17) is 4.11 Å². The van der Waals surface area contributed by atoms with Gasteiger partial charge in [0.1, 0.15) is 6.17 Å². The topological polar surface area (TPSA) is 6.48 Å². The van der Waals surface area contributed by atoms with Crippen LogP contribution in [0.3, 0.4) is 0 Å². The molecule has 0 N–H and O–H groups in total. The van der Waals surface area contributed by atoms with E-state index in [0.717, 1.165) is 16.9 Å². The van der Waals surface area contributed by atoms with Crippen molar-refractivity contribution in [1.29, 1.82) is 0 Å². The third-order valence-electron chi connectivity index (χ3n) is 7.83. The van der Waals surface area contributed by atoms with Crippen LogP contribution in [0, 0.1) is 24.2 Å². The highest BCUT2D eigenvalue weighted by atomic mass is 15.4. The van der Waals surface area contributed by atoms with Crippen LogP contribution in [0.4, 0.5) is 5.69 Å². The van der Waals surface area contributed by atoms with E-state index in [1.54, 1.807) is 0 Å². The van der Waals surface area contributed by atoms with Gasteiger partial charge in [-0.1, -0.05) is 50.0 Å². The molecule has 1 aromatic rings. The van der Waals surface area contributed by atoms with Gasteiger partial charge in [-0.3, -0.25) is 0 Å². The molecule has 1 atom stereocenters. The smallest absolute Gasteiger partial charge is 0.107 e. The van der Waals surface area contributed by atoms with Gasteiger partial charge in [-0.05, 0) is 69.8 Å². The fraction of sp³-hybridized carbons (Fsp3) is 0.600. The lowest BCUT2D eigenvalue weighted by Crippen LogP contribution is -2.38. The minimum atomic E-state index is -2.10. The fourth-order valence-electron chi connectivity index (χ4n) is 6.65. The Morgan fingerprint density at radius 2 is 1.59 bits per heavy atom. The highest BCUT2D eigenvalue weighted by Crippen LogP contribution is 2.61. The monoisotopic (exact) mass is 365 g/mol. The molecule has 0 aromatic heterocycles. The maximum atomic E-state index is 8.46. The number of para-hydroxylation sites is 1. The first-order chi connectivity index (χ1) is 14.4. The molecule has 2 saturated carbocycles. The molecule has 2 heterocycles. The standard InChI is InChI=1S/C25H34N2/c1-18-10-4-9-15-23(18)27-19(2)24-25(21-11-5-6-12-21,22-13-7-8-14-22)16-17-26(24)20(27)3/h4,9-10,15-17,20-22H,5-8,11-14H2,1-3H3/i3D3. The van der Waals surface area contributed by atoms with Gasteiger partial charge in [-0.25, -0.2) is 0 Å². The van der Waals surface area contributed by atoms with E-state index >= 15 is 0 Å². The van der Waals surface area contributed by atoms with Gasteiger partial charge in [0, 0.05) is 32.8 Å². The normalized spacial score (nSPS) is 30.1. The van der Waals surface area contributed by atoms with Crippen LogP contribution >= 0.6 is 0 Å². The summed E-state index contributed by atoms with van der Waals surface area (Å²) in [5, 5.41) is 0. The van der Waals surface area contributed by atoms with Crippen LogP contribution in [-0.4, -0.2) is 11.1 Å². The molecule has 1 unspecified atom stereocenters. The molecule has 0 bridgehead atoms. The average molecular weight is 366 g/mol. The Morgan fingerprint density at radius 3 is 2.19 bits per heavy atom. The fourth-order valence-corrected chi connectivity index (χ4v) is 6.65. The van der Waals surface area contributed by atoms with Crippen molar-refractivity contribution in [2.24, 2.45) is 17.3 Å². The van der Waals surface area contributed by atoms with Gasteiger partial charge in [0.05, 0.1) is 0 Å². The Kier molecular flexibility index (Phi) is 3.41. The molecular weight excluding hydrogens is 328 g/mol. The lowest BCUT2D eigenvalue weighted by Gasteiger charge is -2.42. The number of benzene rings is 1. The molecule has 2 nitrogen and oxygen atoms in total. The summed E-state index contributed by atoms with van der Waals surface area (Å²) >= 11 is 0. The van der Waals surface area contributed by atoms with Crippen LogP contribution in [-0.2, 0) is 0 Å². The number of allylic oxidation sites excluding steroid dienone is 2. The van der Waals surface area contributed by atoms with Gasteiger partial charge in [0.2, 0.25) is 0 Å². The molecule has 4 aliphatic rings. The number of fused-ring (bicyclic) bond motifs is 1. The van der Waals surface area contributed by atoms with Crippen LogP contribution in [0.15, 0.2) is 47.9 Å². The summed E-state index contributed by atoms with van der Waals surface area (Å²) in [7, 11) is 0. The lowest BCUT2D eigenvalue weighted by molar-refractivity contribution is 0.158. The molecule has 2 aliphatic heterocycles. The van der Waals surface area contributed by atoms with Crippen LogP contribution < -0.4 is 4.90 Å². The van der Waals surface area contributed by atoms with Crippen molar-refractivity contribution in [3.8, 4) is 0 Å². The number of rotatable bonds is 3. The molecule has 27 heavy (non-hydrogen) atoms. The van der Waals surface area contributed by atoms with E-state index in [2.05, 4.69) is 48.1 Å². The summed E-state index contributed by atoms with van der Waals surface area (Å²) in [6, 6.07) is 8.22. The summed E-state index contributed by atoms with van der Waals surface area (Å²) in [4.78, 5) is 4.27. The number of nitrogens with zero attached hydrogens (tertiary/aromatic N) is 2. The van der Waals surface area contributed by atoms with Crippen molar-refractivity contribution in [3.05, 3.63) is 53.5 Å². The Balaban J connectivity index is 1.69. The lowest BCUT2D eigenvalue weighted by atomic mass is 9.63. The number of aryl methyl sites for hydroxylation is 1. The molecule has 5 rings (SSSR count). The molecule has 1 aromatic carbocycles. The minimum Gasteiger partial charge on any atom is -0.328 e. The van der Waals surface area contributed by atoms with Crippen LogP contribution in [0.1, 0.15) is 74.8 Å². The summed E-state index contributed by atoms with van der Waals surface area (Å²) in [5.74, 6) is 1.28. The zero-order chi connectivity index (χ0) is 21.1. The zero-order valence-electron chi connectivity index (χ0n) is 19.7. The Hall–Kier alpha value is -1.70. The second kappa shape index (κ2) is 6.43. The van der Waals surface area contributed by atoms with Crippen molar-refractivity contribution in [2.75, 3.05) is 4.90 Å². The van der Waals surface area contributed by atoms with Crippen molar-refractivity contribution < 1.29 is 4.11 Å². The Bertz CT molecular complexity index is 857. The summed E-state index contributed by atoms with van der Waals surface area (Å²) in [5.41, 5.74) is 4.61. The predicted octanol–water partition coefficient (Wildman–Crippen LogP) is 6.59. The van der Waals surface area contributed by atoms with Crippen LogP contribution in [0.25, 0.3) is 0 Å².